The Morgan fingerprint density at radius 2 is 2.31 bits per heavy atom. The molecule has 6 nitrogen and oxygen atoms in total. The van der Waals surface area contributed by atoms with E-state index in [9.17, 15) is 0 Å². The average Bonchev–Trinajstić information content (AvgIpc) is 3.39. The fourth-order valence-corrected chi connectivity index (χ4v) is 3.69. The van der Waals surface area contributed by atoms with E-state index in [1.54, 1.807) is 0 Å². The molecule has 2 aromatic rings. The predicted octanol–water partition coefficient (Wildman–Crippen LogP) is 4.10. The van der Waals surface area contributed by atoms with Crippen molar-refractivity contribution in [3.8, 4) is 0 Å². The minimum absolute atomic E-state index is 0.101. The SMILES string of the molecule is C=CC(C)c1cc(NC2=NC=CC3C(c4cnn(CC)c4)=CN=C23)sn1. The zero-order valence-electron chi connectivity index (χ0n) is 14.8. The van der Waals surface area contributed by atoms with Gasteiger partial charge in [-0.05, 0) is 30.1 Å². The minimum Gasteiger partial charge on any atom is -0.329 e. The second-order valence-corrected chi connectivity index (χ2v) is 7.05. The van der Waals surface area contributed by atoms with Crippen molar-refractivity contribution >= 4 is 33.7 Å². The maximum atomic E-state index is 4.63. The van der Waals surface area contributed by atoms with Crippen LogP contribution in [0.25, 0.3) is 5.57 Å². The highest BCUT2D eigenvalue weighted by atomic mass is 32.1. The zero-order chi connectivity index (χ0) is 18.1. The van der Waals surface area contributed by atoms with Crippen molar-refractivity contribution in [2.45, 2.75) is 26.3 Å². The molecule has 0 amide bonds. The lowest BCUT2D eigenvalue weighted by molar-refractivity contribution is 0.659. The molecule has 0 spiro atoms. The highest BCUT2D eigenvalue weighted by molar-refractivity contribution is 7.10. The summed E-state index contributed by atoms with van der Waals surface area (Å²) in [6.07, 6.45) is 11.7. The molecule has 7 heteroatoms. The lowest BCUT2D eigenvalue weighted by atomic mass is 9.91. The molecule has 2 unspecified atom stereocenters. The molecule has 0 saturated heterocycles. The summed E-state index contributed by atoms with van der Waals surface area (Å²) in [7, 11) is 0. The van der Waals surface area contributed by atoms with E-state index in [0.29, 0.717) is 0 Å². The van der Waals surface area contributed by atoms with Crippen molar-refractivity contribution < 1.29 is 0 Å². The molecule has 0 aromatic carbocycles. The number of nitrogens with zero attached hydrogens (tertiary/aromatic N) is 5. The Bertz CT molecular complexity index is 958. The molecule has 132 valence electrons. The van der Waals surface area contributed by atoms with Gasteiger partial charge in [0.25, 0.3) is 0 Å². The van der Waals surface area contributed by atoms with Crippen molar-refractivity contribution in [3.63, 3.8) is 0 Å². The van der Waals surface area contributed by atoms with Crippen molar-refractivity contribution in [3.05, 3.63) is 60.8 Å². The number of hydrogen-bond donors (Lipinski definition) is 1. The molecule has 1 N–H and O–H groups in total. The monoisotopic (exact) mass is 364 g/mol. The normalized spacial score (nSPS) is 19.5. The van der Waals surface area contributed by atoms with Crippen LogP contribution in [-0.2, 0) is 6.54 Å². The highest BCUT2D eigenvalue weighted by Gasteiger charge is 2.30. The number of rotatable bonds is 5. The minimum atomic E-state index is 0.101. The van der Waals surface area contributed by atoms with Gasteiger partial charge in [0.15, 0.2) is 5.84 Å². The first-order valence-electron chi connectivity index (χ1n) is 8.61. The Hall–Kier alpha value is -2.80. The smallest absolute Gasteiger partial charge is 0.153 e. The number of nitrogens with one attached hydrogen (secondary N) is 1. The lowest BCUT2D eigenvalue weighted by Gasteiger charge is -2.18. The molecule has 0 aliphatic carbocycles. The van der Waals surface area contributed by atoms with Crippen LogP contribution in [0.15, 0.2) is 59.6 Å². The fraction of sp³-hybridized carbons (Fsp3) is 0.263. The van der Waals surface area contributed by atoms with Gasteiger partial charge in [-0.2, -0.15) is 9.47 Å². The van der Waals surface area contributed by atoms with Crippen LogP contribution in [0.1, 0.15) is 31.0 Å². The summed E-state index contributed by atoms with van der Waals surface area (Å²) in [5.74, 6) is 1.10. The molecule has 0 radical (unpaired) electrons. The maximum absolute atomic E-state index is 4.63. The van der Waals surface area contributed by atoms with Gasteiger partial charge >= 0.3 is 0 Å². The van der Waals surface area contributed by atoms with E-state index < -0.39 is 0 Å². The van der Waals surface area contributed by atoms with Crippen LogP contribution in [0.5, 0.6) is 0 Å². The van der Waals surface area contributed by atoms with Gasteiger partial charge in [0.05, 0.1) is 23.5 Å². The molecule has 0 saturated carbocycles. The number of aromatic nitrogens is 3. The number of aliphatic imine (C=N–C) groups is 2. The number of fused-ring (bicyclic) bond motifs is 1. The average molecular weight is 364 g/mol. The van der Waals surface area contributed by atoms with E-state index in [-0.39, 0.29) is 11.8 Å². The zero-order valence-corrected chi connectivity index (χ0v) is 15.6. The van der Waals surface area contributed by atoms with Crippen molar-refractivity contribution in [1.82, 2.24) is 14.2 Å². The quantitative estimate of drug-likeness (QED) is 0.812. The Kier molecular flexibility index (Phi) is 4.38. The van der Waals surface area contributed by atoms with Crippen molar-refractivity contribution in [2.24, 2.45) is 15.9 Å². The summed E-state index contributed by atoms with van der Waals surface area (Å²) in [6, 6.07) is 2.04. The second-order valence-electron chi connectivity index (χ2n) is 6.25. The molecular formula is C19H20N6S. The third kappa shape index (κ3) is 2.94. The first-order chi connectivity index (χ1) is 12.7. The maximum Gasteiger partial charge on any atom is 0.153 e. The number of amidine groups is 1. The van der Waals surface area contributed by atoms with Gasteiger partial charge in [-0.1, -0.05) is 19.1 Å². The van der Waals surface area contributed by atoms with Crippen LogP contribution < -0.4 is 5.32 Å². The van der Waals surface area contributed by atoms with Gasteiger partial charge in [0, 0.05) is 36.6 Å². The molecule has 2 aliphatic heterocycles. The first kappa shape index (κ1) is 16.7. The van der Waals surface area contributed by atoms with E-state index in [4.69, 9.17) is 0 Å². The van der Waals surface area contributed by atoms with E-state index in [1.165, 1.54) is 11.5 Å². The van der Waals surface area contributed by atoms with Crippen LogP contribution in [-0.4, -0.2) is 25.7 Å². The predicted molar refractivity (Wildman–Crippen MR) is 108 cm³/mol. The van der Waals surface area contributed by atoms with Gasteiger partial charge in [-0.3, -0.25) is 9.67 Å². The summed E-state index contributed by atoms with van der Waals surface area (Å²) < 4.78 is 6.41. The van der Waals surface area contributed by atoms with Gasteiger partial charge in [-0.15, -0.1) is 6.58 Å². The van der Waals surface area contributed by atoms with Crippen LogP contribution in [0.4, 0.5) is 5.00 Å². The molecule has 2 aliphatic rings. The molecule has 0 bridgehead atoms. The number of allylic oxidation sites excluding steroid dienone is 3. The van der Waals surface area contributed by atoms with Crippen molar-refractivity contribution in [2.75, 3.05) is 5.32 Å². The number of anilines is 1. The molecule has 0 fully saturated rings. The van der Waals surface area contributed by atoms with E-state index in [1.807, 2.05) is 35.4 Å². The summed E-state index contributed by atoms with van der Waals surface area (Å²) in [5.41, 5.74) is 4.19. The van der Waals surface area contributed by atoms with Gasteiger partial charge in [0.2, 0.25) is 0 Å². The van der Waals surface area contributed by atoms with Crippen LogP contribution in [0.2, 0.25) is 0 Å². The first-order valence-corrected chi connectivity index (χ1v) is 9.38. The summed E-state index contributed by atoms with van der Waals surface area (Å²) in [6.45, 7) is 8.84. The molecule has 4 rings (SSSR count). The van der Waals surface area contributed by atoms with E-state index in [0.717, 1.165) is 39.9 Å². The molecule has 26 heavy (non-hydrogen) atoms. The number of hydrogen-bond acceptors (Lipinski definition) is 6. The number of aryl methyl sites for hydroxylation is 1. The van der Waals surface area contributed by atoms with Crippen LogP contribution in [0, 0.1) is 5.92 Å². The topological polar surface area (TPSA) is 67.5 Å². The third-order valence-electron chi connectivity index (χ3n) is 4.58. The highest BCUT2D eigenvalue weighted by Crippen LogP contribution is 2.33. The van der Waals surface area contributed by atoms with Gasteiger partial charge < -0.3 is 5.32 Å². The summed E-state index contributed by atoms with van der Waals surface area (Å²) >= 11 is 1.43. The van der Waals surface area contributed by atoms with Crippen molar-refractivity contribution in [1.29, 1.82) is 0 Å². The fourth-order valence-electron chi connectivity index (χ4n) is 2.96. The molecule has 2 atom stereocenters. The van der Waals surface area contributed by atoms with E-state index in [2.05, 4.69) is 57.5 Å². The van der Waals surface area contributed by atoms with E-state index >= 15 is 0 Å². The third-order valence-corrected chi connectivity index (χ3v) is 5.30. The summed E-state index contributed by atoms with van der Waals surface area (Å²) in [5, 5.41) is 8.70. The van der Waals surface area contributed by atoms with Gasteiger partial charge in [0.1, 0.15) is 5.00 Å². The molecule has 2 aromatic heterocycles. The Balaban J connectivity index is 1.52. The van der Waals surface area contributed by atoms with Crippen LogP contribution >= 0.6 is 11.5 Å². The van der Waals surface area contributed by atoms with Crippen LogP contribution in [0.3, 0.4) is 0 Å². The Morgan fingerprint density at radius 1 is 1.42 bits per heavy atom. The Morgan fingerprint density at radius 3 is 3.08 bits per heavy atom. The standard InChI is InChI=1S/C19H20N6S/c1-4-12(3)16-8-17(26-24-16)23-19-18-14(6-7-20-19)15(10-21-18)13-9-22-25(5-2)11-13/h4,6-12,14H,1,5H2,2-3H3,(H,20,23). The Labute approximate surface area is 156 Å². The lowest BCUT2D eigenvalue weighted by Crippen LogP contribution is -2.29. The molecular weight excluding hydrogens is 344 g/mol. The van der Waals surface area contributed by atoms with Gasteiger partial charge in [-0.25, -0.2) is 4.99 Å². The largest absolute Gasteiger partial charge is 0.329 e. The summed E-state index contributed by atoms with van der Waals surface area (Å²) in [4.78, 5) is 9.12. The molecule has 4 heterocycles. The second kappa shape index (κ2) is 6.84.